The molecule has 0 aliphatic carbocycles. The van der Waals surface area contributed by atoms with Crippen molar-refractivity contribution >= 4 is 17.4 Å². The molecule has 3 aromatic rings. The first-order valence-electron chi connectivity index (χ1n) is 11.2. The van der Waals surface area contributed by atoms with Crippen molar-refractivity contribution in [3.63, 3.8) is 0 Å². The van der Waals surface area contributed by atoms with E-state index < -0.39 is 0 Å². The number of nitrogens with one attached hydrogen (secondary N) is 2. The van der Waals surface area contributed by atoms with Crippen LogP contribution >= 0.6 is 0 Å². The zero-order chi connectivity index (χ0) is 23.2. The average molecular weight is 441 g/mol. The third-order valence-electron chi connectivity index (χ3n) is 5.89. The number of fused-ring (bicyclic) bond motifs is 1. The predicted molar refractivity (Wildman–Crippen MR) is 130 cm³/mol. The van der Waals surface area contributed by atoms with Crippen molar-refractivity contribution in [1.29, 1.82) is 5.26 Å². The molecule has 2 amide bonds. The second kappa shape index (κ2) is 10.1. The maximum atomic E-state index is 12.2. The predicted octanol–water partition coefficient (Wildman–Crippen LogP) is 5.60. The van der Waals surface area contributed by atoms with Gasteiger partial charge >= 0.3 is 6.03 Å². The third-order valence-corrected chi connectivity index (χ3v) is 5.89. The Morgan fingerprint density at radius 3 is 2.64 bits per heavy atom. The van der Waals surface area contributed by atoms with Crippen LogP contribution in [0.4, 0.5) is 16.2 Å². The van der Waals surface area contributed by atoms with Crippen LogP contribution in [0.2, 0.25) is 0 Å². The molecule has 1 heterocycles. The molecule has 0 bridgehead atoms. The summed E-state index contributed by atoms with van der Waals surface area (Å²) in [6.07, 6.45) is 0.871. The Bertz CT molecular complexity index is 1160. The molecule has 2 N–H and O–H groups in total. The van der Waals surface area contributed by atoms with Crippen molar-refractivity contribution in [2.24, 2.45) is 0 Å². The first kappa shape index (κ1) is 22.2. The highest BCUT2D eigenvalue weighted by molar-refractivity contribution is 5.89. The molecule has 0 aromatic heterocycles. The number of ether oxygens (including phenoxy) is 1. The van der Waals surface area contributed by atoms with Gasteiger partial charge in [0.1, 0.15) is 5.75 Å². The summed E-state index contributed by atoms with van der Waals surface area (Å²) in [7, 11) is 1.65. The van der Waals surface area contributed by atoms with Crippen molar-refractivity contribution in [2.75, 3.05) is 23.9 Å². The summed E-state index contributed by atoms with van der Waals surface area (Å²) in [4.78, 5) is 14.4. The van der Waals surface area contributed by atoms with Crippen LogP contribution in [0.1, 0.15) is 42.0 Å². The minimum atomic E-state index is -0.348. The standard InChI is InChI=1S/C27H28N4O2/c1-3-14-29-27(32)30-21-11-7-10-20(15-21)26-24(17-28)23-13-12-22(33-2)16-25(23)31(26)18-19-8-5-4-6-9-19/h4-13,15-16,24,26H,3,14,18H2,1-2H3,(H2,29,30,32). The lowest BCUT2D eigenvalue weighted by molar-refractivity contribution is 0.252. The second-order valence-corrected chi connectivity index (χ2v) is 8.10. The number of benzene rings is 3. The van der Waals surface area contributed by atoms with E-state index in [-0.39, 0.29) is 18.0 Å². The largest absolute Gasteiger partial charge is 0.497 e. The van der Waals surface area contributed by atoms with Crippen LogP contribution in [0.3, 0.4) is 0 Å². The lowest BCUT2D eigenvalue weighted by Gasteiger charge is -2.29. The SMILES string of the molecule is CCCNC(=O)Nc1cccc(C2C(C#N)c3ccc(OC)cc3N2Cc2ccccc2)c1. The van der Waals surface area contributed by atoms with Crippen molar-refractivity contribution in [3.8, 4) is 11.8 Å². The van der Waals surface area contributed by atoms with E-state index in [2.05, 4.69) is 33.7 Å². The van der Waals surface area contributed by atoms with Crippen LogP contribution in [0, 0.1) is 11.3 Å². The van der Waals surface area contributed by atoms with Gasteiger partial charge in [-0.15, -0.1) is 0 Å². The van der Waals surface area contributed by atoms with E-state index in [9.17, 15) is 10.1 Å². The molecule has 0 radical (unpaired) electrons. The first-order valence-corrected chi connectivity index (χ1v) is 11.2. The van der Waals surface area contributed by atoms with E-state index in [1.54, 1.807) is 7.11 Å². The van der Waals surface area contributed by atoms with E-state index in [4.69, 9.17) is 4.74 Å². The second-order valence-electron chi connectivity index (χ2n) is 8.10. The summed E-state index contributed by atoms with van der Waals surface area (Å²) < 4.78 is 5.48. The number of hydrogen-bond acceptors (Lipinski definition) is 4. The number of hydrogen-bond donors (Lipinski definition) is 2. The number of rotatable bonds is 7. The molecule has 2 atom stereocenters. The maximum absolute atomic E-state index is 12.2. The van der Waals surface area contributed by atoms with Gasteiger partial charge in [0, 0.05) is 30.5 Å². The molecular formula is C27H28N4O2. The molecule has 0 fully saturated rings. The lowest BCUT2D eigenvalue weighted by Crippen LogP contribution is -2.29. The third kappa shape index (κ3) is 4.78. The molecule has 2 unspecified atom stereocenters. The number of amides is 2. The van der Waals surface area contributed by atoms with E-state index in [1.165, 1.54) is 0 Å². The van der Waals surface area contributed by atoms with Crippen LogP contribution in [-0.4, -0.2) is 19.7 Å². The Morgan fingerprint density at radius 2 is 1.91 bits per heavy atom. The Labute approximate surface area is 194 Å². The fourth-order valence-corrected chi connectivity index (χ4v) is 4.35. The zero-order valence-electron chi connectivity index (χ0n) is 18.9. The molecule has 1 aliphatic heterocycles. The Balaban J connectivity index is 1.72. The normalized spacial score (nSPS) is 16.6. The van der Waals surface area contributed by atoms with Gasteiger partial charge in [0.15, 0.2) is 0 Å². The Morgan fingerprint density at radius 1 is 1.09 bits per heavy atom. The van der Waals surface area contributed by atoms with Crippen LogP contribution in [-0.2, 0) is 6.54 Å². The summed E-state index contributed by atoms with van der Waals surface area (Å²) in [5.41, 5.74) is 4.81. The smallest absolute Gasteiger partial charge is 0.319 e. The van der Waals surface area contributed by atoms with Crippen molar-refractivity contribution < 1.29 is 9.53 Å². The molecule has 1 aliphatic rings. The highest BCUT2D eigenvalue weighted by Gasteiger charge is 2.40. The highest BCUT2D eigenvalue weighted by atomic mass is 16.5. The van der Waals surface area contributed by atoms with Gasteiger partial charge < -0.3 is 20.3 Å². The fraction of sp³-hybridized carbons (Fsp3) is 0.259. The number of carbonyl (C=O) groups excluding carboxylic acids is 1. The summed E-state index contributed by atoms with van der Waals surface area (Å²) in [5, 5.41) is 15.9. The summed E-state index contributed by atoms with van der Waals surface area (Å²) in [5.74, 6) is 0.408. The highest BCUT2D eigenvalue weighted by Crippen LogP contribution is 2.50. The Hall–Kier alpha value is -3.98. The molecular weight excluding hydrogens is 412 g/mol. The average Bonchev–Trinajstić information content (AvgIpc) is 3.15. The maximum Gasteiger partial charge on any atom is 0.319 e. The molecule has 168 valence electrons. The quantitative estimate of drug-likeness (QED) is 0.502. The molecule has 33 heavy (non-hydrogen) atoms. The molecule has 0 saturated heterocycles. The summed E-state index contributed by atoms with van der Waals surface area (Å²) in [6.45, 7) is 3.28. The van der Waals surface area contributed by atoms with Gasteiger partial charge in [-0.25, -0.2) is 4.79 Å². The lowest BCUT2D eigenvalue weighted by atomic mass is 9.91. The van der Waals surface area contributed by atoms with Crippen molar-refractivity contribution in [1.82, 2.24) is 5.32 Å². The monoisotopic (exact) mass is 440 g/mol. The van der Waals surface area contributed by atoms with Gasteiger partial charge in [0.25, 0.3) is 0 Å². The summed E-state index contributed by atoms with van der Waals surface area (Å²) in [6, 6.07) is 26.0. The van der Waals surface area contributed by atoms with Gasteiger partial charge in [-0.05, 0) is 41.3 Å². The van der Waals surface area contributed by atoms with Crippen molar-refractivity contribution in [3.05, 3.63) is 89.5 Å². The molecule has 0 saturated carbocycles. The molecule has 6 nitrogen and oxygen atoms in total. The van der Waals surface area contributed by atoms with Gasteiger partial charge in [0.2, 0.25) is 0 Å². The van der Waals surface area contributed by atoms with E-state index in [0.29, 0.717) is 18.8 Å². The van der Waals surface area contributed by atoms with Crippen LogP contribution in [0.25, 0.3) is 0 Å². The van der Waals surface area contributed by atoms with E-state index in [0.717, 1.165) is 34.5 Å². The number of urea groups is 1. The number of nitriles is 1. The minimum absolute atomic E-state index is 0.197. The number of nitrogens with zero attached hydrogens (tertiary/aromatic N) is 2. The van der Waals surface area contributed by atoms with Crippen molar-refractivity contribution in [2.45, 2.75) is 31.8 Å². The topological polar surface area (TPSA) is 77.4 Å². The van der Waals surface area contributed by atoms with Crippen LogP contribution in [0.5, 0.6) is 5.75 Å². The number of methoxy groups -OCH3 is 1. The minimum Gasteiger partial charge on any atom is -0.497 e. The number of carbonyl (C=O) groups is 1. The Kier molecular flexibility index (Phi) is 6.80. The zero-order valence-corrected chi connectivity index (χ0v) is 18.9. The van der Waals surface area contributed by atoms with E-state index in [1.807, 2.05) is 67.6 Å². The molecule has 6 heteroatoms. The molecule has 4 rings (SSSR count). The van der Waals surface area contributed by atoms with Gasteiger partial charge in [-0.1, -0.05) is 55.5 Å². The summed E-state index contributed by atoms with van der Waals surface area (Å²) >= 11 is 0. The number of anilines is 2. The van der Waals surface area contributed by atoms with Gasteiger partial charge in [-0.3, -0.25) is 0 Å². The fourth-order valence-electron chi connectivity index (χ4n) is 4.35. The van der Waals surface area contributed by atoms with Gasteiger partial charge in [0.05, 0.1) is 25.1 Å². The first-order chi connectivity index (χ1) is 16.1. The molecule has 3 aromatic carbocycles. The molecule has 0 spiro atoms. The van der Waals surface area contributed by atoms with E-state index >= 15 is 0 Å². The van der Waals surface area contributed by atoms with Crippen LogP contribution < -0.4 is 20.3 Å². The van der Waals surface area contributed by atoms with Crippen LogP contribution in [0.15, 0.2) is 72.8 Å². The van der Waals surface area contributed by atoms with Gasteiger partial charge in [-0.2, -0.15) is 5.26 Å².